The van der Waals surface area contributed by atoms with E-state index in [2.05, 4.69) is 4.74 Å². The summed E-state index contributed by atoms with van der Waals surface area (Å²) in [6.45, 7) is -0.135. The van der Waals surface area contributed by atoms with Gasteiger partial charge in [-0.3, -0.25) is 4.90 Å². The van der Waals surface area contributed by atoms with Gasteiger partial charge in [0, 0.05) is 13.1 Å². The molecule has 0 spiro atoms. The normalized spacial score (nSPS) is 17.5. The lowest BCUT2D eigenvalue weighted by Crippen LogP contribution is -2.24. The lowest BCUT2D eigenvalue weighted by atomic mass is 9.98. The van der Waals surface area contributed by atoms with Crippen LogP contribution in [-0.4, -0.2) is 17.5 Å². The Morgan fingerprint density at radius 2 is 1.71 bits per heavy atom. The van der Waals surface area contributed by atoms with Crippen LogP contribution in [0.5, 0.6) is 5.75 Å². The lowest BCUT2D eigenvalue weighted by Gasteiger charge is -2.22. The second-order valence-electron chi connectivity index (χ2n) is 6.20. The first kappa shape index (κ1) is 20.1. The van der Waals surface area contributed by atoms with Crippen molar-refractivity contribution in [2.45, 2.75) is 31.7 Å². The Kier molecular flexibility index (Phi) is 5.09. The average molecular weight is 407 g/mol. The number of carbonyl (C=O) groups excluding carboxylic acids is 1. The maximum atomic E-state index is 13.6. The number of rotatable bonds is 4. The molecule has 150 valence electrons. The standard InChI is InChI=1S/C18H12F7NO2/c19-12-5-11-8-26(15(9-27)16(11)14(6-12)17(20,21)22)7-10-1-3-13(4-2-10)28-18(23,24)25/h1-6,9,15H,7-8H2. The van der Waals surface area contributed by atoms with Crippen molar-refractivity contribution in [3.05, 3.63) is 64.5 Å². The molecule has 2 aromatic rings. The number of nitrogens with zero attached hydrogens (tertiary/aromatic N) is 1. The van der Waals surface area contributed by atoms with Crippen LogP contribution < -0.4 is 4.74 Å². The van der Waals surface area contributed by atoms with Crippen molar-refractivity contribution in [1.29, 1.82) is 0 Å². The van der Waals surface area contributed by atoms with Crippen molar-refractivity contribution < 1.29 is 40.3 Å². The molecule has 1 unspecified atom stereocenters. The molecule has 0 fully saturated rings. The maximum Gasteiger partial charge on any atom is 0.573 e. The highest BCUT2D eigenvalue weighted by Gasteiger charge is 2.42. The molecule has 0 amide bonds. The lowest BCUT2D eigenvalue weighted by molar-refractivity contribution is -0.274. The van der Waals surface area contributed by atoms with Gasteiger partial charge in [-0.15, -0.1) is 13.2 Å². The zero-order chi connectivity index (χ0) is 20.7. The van der Waals surface area contributed by atoms with Crippen molar-refractivity contribution in [3.8, 4) is 5.75 Å². The minimum atomic E-state index is -4.85. The molecule has 1 heterocycles. The van der Waals surface area contributed by atoms with Crippen molar-refractivity contribution in [2.24, 2.45) is 0 Å². The summed E-state index contributed by atoms with van der Waals surface area (Å²) in [6.07, 6.45) is -9.35. The van der Waals surface area contributed by atoms with Gasteiger partial charge in [-0.25, -0.2) is 4.39 Å². The van der Waals surface area contributed by atoms with E-state index in [0.717, 1.165) is 18.2 Å². The zero-order valence-electron chi connectivity index (χ0n) is 13.9. The fourth-order valence-corrected chi connectivity index (χ4v) is 3.23. The fraction of sp³-hybridized carbons (Fsp3) is 0.278. The molecule has 28 heavy (non-hydrogen) atoms. The van der Waals surface area contributed by atoms with Gasteiger partial charge >= 0.3 is 12.5 Å². The Morgan fingerprint density at radius 3 is 2.25 bits per heavy atom. The molecule has 1 atom stereocenters. The molecule has 10 heteroatoms. The summed E-state index contributed by atoms with van der Waals surface area (Å²) in [4.78, 5) is 12.9. The molecule has 3 rings (SSSR count). The predicted octanol–water partition coefficient (Wildman–Crippen LogP) is 5.00. The van der Waals surface area contributed by atoms with Gasteiger partial charge in [0.1, 0.15) is 17.9 Å². The van der Waals surface area contributed by atoms with Crippen LogP contribution >= 0.6 is 0 Å². The number of aldehydes is 1. The molecular weight excluding hydrogens is 395 g/mol. The fourth-order valence-electron chi connectivity index (χ4n) is 3.23. The van der Waals surface area contributed by atoms with Gasteiger partial charge in [0.05, 0.1) is 11.6 Å². The first-order chi connectivity index (χ1) is 13.0. The first-order valence-electron chi connectivity index (χ1n) is 7.91. The number of hydrogen-bond acceptors (Lipinski definition) is 3. The summed E-state index contributed by atoms with van der Waals surface area (Å²) in [5.41, 5.74) is -1.03. The Morgan fingerprint density at radius 1 is 1.07 bits per heavy atom. The molecule has 1 aliphatic rings. The number of benzene rings is 2. The van der Waals surface area contributed by atoms with E-state index in [1.165, 1.54) is 17.0 Å². The molecule has 2 aromatic carbocycles. The first-order valence-corrected chi connectivity index (χ1v) is 7.91. The highest BCUT2D eigenvalue weighted by atomic mass is 19.4. The molecule has 0 bridgehead atoms. The second kappa shape index (κ2) is 7.08. The summed E-state index contributed by atoms with van der Waals surface area (Å²) in [5.74, 6) is -1.51. The van der Waals surface area contributed by atoms with E-state index >= 15 is 0 Å². The Labute approximate surface area is 154 Å². The largest absolute Gasteiger partial charge is 0.573 e. The van der Waals surface area contributed by atoms with Crippen LogP contribution in [0.15, 0.2) is 36.4 Å². The minimum absolute atomic E-state index is 0.0245. The van der Waals surface area contributed by atoms with Crippen LogP contribution in [0.4, 0.5) is 30.7 Å². The smallest absolute Gasteiger partial charge is 0.406 e. The van der Waals surface area contributed by atoms with Gasteiger partial charge in [-0.2, -0.15) is 13.2 Å². The van der Waals surface area contributed by atoms with Gasteiger partial charge in [-0.05, 0) is 41.0 Å². The van der Waals surface area contributed by atoms with Crippen LogP contribution in [0.25, 0.3) is 0 Å². The van der Waals surface area contributed by atoms with Gasteiger partial charge in [0.15, 0.2) is 0 Å². The summed E-state index contributed by atoms with van der Waals surface area (Å²) in [7, 11) is 0. The average Bonchev–Trinajstić information content (AvgIpc) is 2.90. The molecule has 0 aliphatic carbocycles. The van der Waals surface area contributed by atoms with E-state index in [9.17, 15) is 35.5 Å². The highest BCUT2D eigenvalue weighted by molar-refractivity contribution is 5.66. The highest BCUT2D eigenvalue weighted by Crippen LogP contribution is 2.43. The van der Waals surface area contributed by atoms with Gasteiger partial charge in [-0.1, -0.05) is 12.1 Å². The monoisotopic (exact) mass is 407 g/mol. The van der Waals surface area contributed by atoms with Crippen LogP contribution in [0.2, 0.25) is 0 Å². The predicted molar refractivity (Wildman–Crippen MR) is 82.6 cm³/mol. The van der Waals surface area contributed by atoms with Crippen molar-refractivity contribution in [1.82, 2.24) is 4.90 Å². The number of carbonyl (C=O) groups is 1. The zero-order valence-corrected chi connectivity index (χ0v) is 13.9. The molecule has 0 saturated heterocycles. The molecule has 0 saturated carbocycles. The van der Waals surface area contributed by atoms with E-state index in [4.69, 9.17) is 0 Å². The third-order valence-electron chi connectivity index (χ3n) is 4.27. The molecular formula is C18H12F7NO2. The van der Waals surface area contributed by atoms with Crippen LogP contribution in [0, 0.1) is 5.82 Å². The van der Waals surface area contributed by atoms with Crippen LogP contribution in [-0.2, 0) is 24.1 Å². The molecule has 0 aromatic heterocycles. The SMILES string of the molecule is O=CC1c2c(cc(F)cc2C(F)(F)F)CN1Cc1ccc(OC(F)(F)F)cc1. The summed E-state index contributed by atoms with van der Waals surface area (Å²) in [5, 5.41) is 0. The topological polar surface area (TPSA) is 29.5 Å². The van der Waals surface area contributed by atoms with Gasteiger partial charge < -0.3 is 9.53 Å². The van der Waals surface area contributed by atoms with E-state index in [1.807, 2.05) is 0 Å². The summed E-state index contributed by atoms with van der Waals surface area (Å²) in [6, 6.07) is 4.77. The number of halogens is 7. The van der Waals surface area contributed by atoms with Crippen molar-refractivity contribution >= 4 is 6.29 Å². The molecule has 1 aliphatic heterocycles. The summed E-state index contributed by atoms with van der Waals surface area (Å²) >= 11 is 0. The Hall–Kier alpha value is -2.62. The van der Waals surface area contributed by atoms with Crippen LogP contribution in [0.1, 0.15) is 28.3 Å². The molecule has 0 radical (unpaired) electrons. The van der Waals surface area contributed by atoms with Crippen molar-refractivity contribution in [3.63, 3.8) is 0 Å². The van der Waals surface area contributed by atoms with E-state index < -0.39 is 35.7 Å². The van der Waals surface area contributed by atoms with Gasteiger partial charge in [0.25, 0.3) is 0 Å². The van der Waals surface area contributed by atoms with E-state index in [1.54, 1.807) is 0 Å². The number of fused-ring (bicyclic) bond motifs is 1. The Bertz CT molecular complexity index is 875. The van der Waals surface area contributed by atoms with E-state index in [0.29, 0.717) is 17.9 Å². The van der Waals surface area contributed by atoms with Crippen molar-refractivity contribution in [2.75, 3.05) is 0 Å². The third kappa shape index (κ3) is 4.27. The molecule has 3 nitrogen and oxygen atoms in total. The summed E-state index contributed by atoms with van der Waals surface area (Å²) < 4.78 is 93.7. The quantitative estimate of drug-likeness (QED) is 0.528. The maximum absolute atomic E-state index is 13.6. The Balaban J connectivity index is 1.85. The van der Waals surface area contributed by atoms with Crippen LogP contribution in [0.3, 0.4) is 0 Å². The second-order valence-corrected chi connectivity index (χ2v) is 6.20. The number of alkyl halides is 6. The number of ether oxygens (including phenoxy) is 1. The van der Waals surface area contributed by atoms with E-state index in [-0.39, 0.29) is 24.2 Å². The minimum Gasteiger partial charge on any atom is -0.406 e. The third-order valence-corrected chi connectivity index (χ3v) is 4.27. The number of hydrogen-bond donors (Lipinski definition) is 0. The molecule has 0 N–H and O–H groups in total. The van der Waals surface area contributed by atoms with Gasteiger partial charge in [0.2, 0.25) is 0 Å².